The van der Waals surface area contributed by atoms with Crippen LogP contribution in [0.3, 0.4) is 0 Å². The minimum Gasteiger partial charge on any atom is -0.467 e. The second kappa shape index (κ2) is 5.32. The lowest BCUT2D eigenvalue weighted by molar-refractivity contribution is 0.412. The first-order valence-corrected chi connectivity index (χ1v) is 6.48. The average Bonchev–Trinajstić information content (AvgIpc) is 2.92. The molecule has 0 aliphatic carbocycles. The molecule has 0 aromatic carbocycles. The molecule has 0 spiro atoms. The summed E-state index contributed by atoms with van der Waals surface area (Å²) in [6.45, 7) is 2.09. The molecule has 1 N–H and O–H groups in total. The van der Waals surface area contributed by atoms with Gasteiger partial charge in [0.25, 0.3) is 0 Å². The van der Waals surface area contributed by atoms with E-state index in [1.165, 1.54) is 11.1 Å². The minimum atomic E-state index is 0.315. The van der Waals surface area contributed by atoms with E-state index in [2.05, 4.69) is 29.1 Å². The molecular formula is C13H17NOS. The third-order valence-electron chi connectivity index (χ3n) is 2.87. The molecule has 0 aliphatic rings. The third-order valence-corrected chi connectivity index (χ3v) is 3.60. The van der Waals surface area contributed by atoms with E-state index in [9.17, 15) is 0 Å². The zero-order valence-corrected chi connectivity index (χ0v) is 10.5. The van der Waals surface area contributed by atoms with Crippen LogP contribution < -0.4 is 5.32 Å². The van der Waals surface area contributed by atoms with Crippen molar-refractivity contribution in [1.29, 1.82) is 0 Å². The minimum absolute atomic E-state index is 0.315. The third kappa shape index (κ3) is 2.54. The van der Waals surface area contributed by atoms with Gasteiger partial charge in [-0.3, -0.25) is 0 Å². The van der Waals surface area contributed by atoms with Crippen LogP contribution in [0, 0.1) is 6.92 Å². The molecule has 2 heterocycles. The molecule has 0 radical (unpaired) electrons. The lowest BCUT2D eigenvalue weighted by Gasteiger charge is -2.14. The van der Waals surface area contributed by atoms with Crippen LogP contribution in [0.4, 0.5) is 0 Å². The molecule has 16 heavy (non-hydrogen) atoms. The highest BCUT2D eigenvalue weighted by Gasteiger charge is 2.14. The number of aryl methyl sites for hydroxylation is 2. The van der Waals surface area contributed by atoms with Crippen molar-refractivity contribution in [3.05, 3.63) is 46.0 Å². The average molecular weight is 235 g/mol. The summed E-state index contributed by atoms with van der Waals surface area (Å²) < 4.78 is 5.53. The highest BCUT2D eigenvalue weighted by atomic mass is 32.1. The van der Waals surface area contributed by atoms with Crippen molar-refractivity contribution in [2.24, 2.45) is 0 Å². The van der Waals surface area contributed by atoms with Gasteiger partial charge in [0.1, 0.15) is 5.76 Å². The normalized spacial score (nSPS) is 12.9. The zero-order chi connectivity index (χ0) is 11.4. The van der Waals surface area contributed by atoms with Gasteiger partial charge in [-0.25, -0.2) is 0 Å². The van der Waals surface area contributed by atoms with Crippen LogP contribution in [0.5, 0.6) is 0 Å². The van der Waals surface area contributed by atoms with E-state index in [1.54, 1.807) is 17.6 Å². The monoisotopic (exact) mass is 235 g/mol. The molecule has 0 fully saturated rings. The summed E-state index contributed by atoms with van der Waals surface area (Å²) in [6, 6.07) is 4.52. The number of hydrogen-bond acceptors (Lipinski definition) is 3. The summed E-state index contributed by atoms with van der Waals surface area (Å²) in [4.78, 5) is 0. The van der Waals surface area contributed by atoms with Gasteiger partial charge in [0, 0.05) is 0 Å². The van der Waals surface area contributed by atoms with Gasteiger partial charge in [0.2, 0.25) is 0 Å². The second-order valence-corrected chi connectivity index (χ2v) is 4.76. The van der Waals surface area contributed by atoms with Crippen molar-refractivity contribution < 1.29 is 4.42 Å². The summed E-state index contributed by atoms with van der Waals surface area (Å²) >= 11 is 1.76. The fraction of sp³-hybridized carbons (Fsp3) is 0.385. The molecule has 0 saturated heterocycles. The quantitative estimate of drug-likeness (QED) is 0.857. The van der Waals surface area contributed by atoms with E-state index in [0.717, 1.165) is 18.6 Å². The van der Waals surface area contributed by atoms with Crippen molar-refractivity contribution >= 4 is 11.3 Å². The molecule has 2 rings (SSSR count). The molecule has 0 aliphatic heterocycles. The lowest BCUT2D eigenvalue weighted by Crippen LogP contribution is -2.17. The molecular weight excluding hydrogens is 218 g/mol. The largest absolute Gasteiger partial charge is 0.467 e. The maximum Gasteiger partial charge on any atom is 0.123 e. The second-order valence-electron chi connectivity index (χ2n) is 3.98. The number of nitrogens with one attached hydrogen (secondary N) is 1. The van der Waals surface area contributed by atoms with Crippen molar-refractivity contribution in [3.8, 4) is 0 Å². The standard InChI is InChI=1S/C13H17NOS/c1-10-5-7-15-13(10)12(14-2)4-3-11-6-8-16-9-11/h5-9,12,14H,3-4H2,1-2H3. The number of furan rings is 1. The summed E-state index contributed by atoms with van der Waals surface area (Å²) in [7, 11) is 1.99. The van der Waals surface area contributed by atoms with E-state index in [-0.39, 0.29) is 0 Å². The van der Waals surface area contributed by atoms with E-state index < -0.39 is 0 Å². The summed E-state index contributed by atoms with van der Waals surface area (Å²) in [6.07, 6.45) is 3.93. The Morgan fingerprint density at radius 2 is 2.31 bits per heavy atom. The highest BCUT2D eigenvalue weighted by Crippen LogP contribution is 2.23. The summed E-state index contributed by atoms with van der Waals surface area (Å²) in [5.41, 5.74) is 2.64. The zero-order valence-electron chi connectivity index (χ0n) is 9.69. The summed E-state index contributed by atoms with van der Waals surface area (Å²) in [5.74, 6) is 1.07. The van der Waals surface area contributed by atoms with Gasteiger partial charge in [0.05, 0.1) is 12.3 Å². The number of rotatable bonds is 5. The smallest absolute Gasteiger partial charge is 0.123 e. The molecule has 0 amide bonds. The Bertz CT molecular complexity index is 419. The molecule has 1 unspecified atom stereocenters. The predicted molar refractivity (Wildman–Crippen MR) is 67.9 cm³/mol. The first-order chi connectivity index (χ1) is 7.81. The molecule has 2 aromatic heterocycles. The topological polar surface area (TPSA) is 25.2 Å². The van der Waals surface area contributed by atoms with Crippen LogP contribution in [0.1, 0.15) is 29.3 Å². The first-order valence-electron chi connectivity index (χ1n) is 5.53. The highest BCUT2D eigenvalue weighted by molar-refractivity contribution is 7.07. The van der Waals surface area contributed by atoms with Gasteiger partial charge >= 0.3 is 0 Å². The van der Waals surface area contributed by atoms with Crippen molar-refractivity contribution in [3.63, 3.8) is 0 Å². The van der Waals surface area contributed by atoms with E-state index in [1.807, 2.05) is 13.1 Å². The van der Waals surface area contributed by atoms with Crippen LogP contribution >= 0.6 is 11.3 Å². The molecule has 3 heteroatoms. The van der Waals surface area contributed by atoms with Crippen molar-refractivity contribution in [1.82, 2.24) is 5.32 Å². The summed E-state index contributed by atoms with van der Waals surface area (Å²) in [5, 5.41) is 7.65. The maximum absolute atomic E-state index is 5.53. The fourth-order valence-electron chi connectivity index (χ4n) is 1.89. The first kappa shape index (κ1) is 11.4. The van der Waals surface area contributed by atoms with Gasteiger partial charge in [0.15, 0.2) is 0 Å². The van der Waals surface area contributed by atoms with Crippen LogP contribution in [0.25, 0.3) is 0 Å². The van der Waals surface area contributed by atoms with Crippen LogP contribution in [0.2, 0.25) is 0 Å². The Labute approximate surface area is 100 Å². The van der Waals surface area contributed by atoms with Gasteiger partial charge in [-0.05, 0) is 60.8 Å². The number of thiophene rings is 1. The van der Waals surface area contributed by atoms with Gasteiger partial charge in [-0.1, -0.05) is 0 Å². The van der Waals surface area contributed by atoms with Gasteiger partial charge in [-0.15, -0.1) is 0 Å². The van der Waals surface area contributed by atoms with E-state index in [0.29, 0.717) is 6.04 Å². The van der Waals surface area contributed by atoms with E-state index >= 15 is 0 Å². The molecule has 2 nitrogen and oxygen atoms in total. The Balaban J connectivity index is 1.99. The Kier molecular flexibility index (Phi) is 3.80. The predicted octanol–water partition coefficient (Wildman–Crippen LogP) is 3.54. The van der Waals surface area contributed by atoms with Gasteiger partial charge < -0.3 is 9.73 Å². The molecule has 86 valence electrons. The van der Waals surface area contributed by atoms with Gasteiger partial charge in [-0.2, -0.15) is 11.3 Å². The Morgan fingerprint density at radius 3 is 2.88 bits per heavy atom. The van der Waals surface area contributed by atoms with Crippen molar-refractivity contribution in [2.45, 2.75) is 25.8 Å². The van der Waals surface area contributed by atoms with Crippen molar-refractivity contribution in [2.75, 3.05) is 7.05 Å². The molecule has 1 atom stereocenters. The molecule has 0 saturated carbocycles. The molecule has 2 aromatic rings. The van der Waals surface area contributed by atoms with Crippen LogP contribution in [0.15, 0.2) is 33.6 Å². The Morgan fingerprint density at radius 1 is 1.44 bits per heavy atom. The number of hydrogen-bond donors (Lipinski definition) is 1. The van der Waals surface area contributed by atoms with Crippen LogP contribution in [-0.2, 0) is 6.42 Å². The SMILES string of the molecule is CNC(CCc1ccsc1)c1occc1C. The molecule has 0 bridgehead atoms. The van der Waals surface area contributed by atoms with Crippen LogP contribution in [-0.4, -0.2) is 7.05 Å². The lowest BCUT2D eigenvalue weighted by atomic mass is 10.0. The Hall–Kier alpha value is -1.06. The fourth-order valence-corrected chi connectivity index (χ4v) is 2.60. The van der Waals surface area contributed by atoms with E-state index in [4.69, 9.17) is 4.42 Å². The maximum atomic E-state index is 5.53.